The Hall–Kier alpha value is -1.60. The maximum Gasteiger partial charge on any atom is 0.268 e. The smallest absolute Gasteiger partial charge is 0.268 e. The first-order valence-electron chi connectivity index (χ1n) is 3.00. The summed E-state index contributed by atoms with van der Waals surface area (Å²) in [5, 5.41) is 8.53. The first-order valence-corrected chi connectivity index (χ1v) is 3.38. The van der Waals surface area contributed by atoms with Crippen LogP contribution in [0, 0.1) is 11.3 Å². The Kier molecular flexibility index (Phi) is 2.26. The van der Waals surface area contributed by atoms with Crippen molar-refractivity contribution in [1.29, 1.82) is 5.26 Å². The molecule has 0 radical (unpaired) electrons. The average molecular weight is 182 g/mol. The average Bonchev–Trinajstić information content (AvgIpc) is 2.03. The van der Waals surface area contributed by atoms with Gasteiger partial charge in [0.1, 0.15) is 11.8 Å². The van der Waals surface area contributed by atoms with Gasteiger partial charge in [-0.25, -0.2) is 4.98 Å². The summed E-state index contributed by atoms with van der Waals surface area (Å²) in [4.78, 5) is 14.2. The predicted molar refractivity (Wildman–Crippen MR) is 42.5 cm³/mol. The summed E-state index contributed by atoms with van der Waals surface area (Å²) in [5.74, 6) is -0.704. The minimum absolute atomic E-state index is 0.0179. The van der Waals surface area contributed by atoms with E-state index in [1.165, 1.54) is 12.3 Å². The Bertz CT molecular complexity index is 369. The molecule has 0 unspecified atom stereocenters. The van der Waals surface area contributed by atoms with E-state index >= 15 is 0 Å². The molecule has 2 N–H and O–H groups in total. The van der Waals surface area contributed by atoms with Crippen LogP contribution in [0.5, 0.6) is 0 Å². The fourth-order valence-corrected chi connectivity index (χ4v) is 0.940. The third-order valence-electron chi connectivity index (χ3n) is 1.20. The fraction of sp³-hybridized carbons (Fsp3) is 0. The Labute approximate surface area is 73.6 Å². The van der Waals surface area contributed by atoms with E-state index in [-0.39, 0.29) is 10.7 Å². The first-order chi connectivity index (χ1) is 5.65. The number of nitrogens with two attached hydrogens (primary N) is 1. The van der Waals surface area contributed by atoms with E-state index in [1.54, 1.807) is 0 Å². The van der Waals surface area contributed by atoms with Crippen molar-refractivity contribution in [1.82, 2.24) is 4.98 Å². The third kappa shape index (κ3) is 1.52. The van der Waals surface area contributed by atoms with E-state index in [4.69, 9.17) is 22.6 Å². The normalized spacial score (nSPS) is 9.00. The molecule has 0 atom stereocenters. The summed E-state index contributed by atoms with van der Waals surface area (Å²) in [7, 11) is 0. The molecule has 0 aromatic carbocycles. The molecule has 1 rings (SSSR count). The SMILES string of the molecule is N#Cc1cnc(C(N)=O)c(Cl)c1. The van der Waals surface area contributed by atoms with Crippen molar-refractivity contribution in [2.75, 3.05) is 0 Å². The number of pyridine rings is 1. The number of halogens is 1. The van der Waals surface area contributed by atoms with Crippen LogP contribution in [-0.4, -0.2) is 10.9 Å². The lowest BCUT2D eigenvalue weighted by Crippen LogP contribution is -2.13. The van der Waals surface area contributed by atoms with E-state index in [1.807, 2.05) is 6.07 Å². The molecular weight excluding hydrogens is 178 g/mol. The molecule has 1 aromatic heterocycles. The second-order valence-electron chi connectivity index (χ2n) is 2.03. The lowest BCUT2D eigenvalue weighted by Gasteiger charge is -1.96. The minimum Gasteiger partial charge on any atom is -0.364 e. The molecule has 0 saturated heterocycles. The summed E-state index contributed by atoms with van der Waals surface area (Å²) in [6.45, 7) is 0. The number of carbonyl (C=O) groups excluding carboxylic acids is 1. The van der Waals surface area contributed by atoms with Gasteiger partial charge in [-0.05, 0) is 6.07 Å². The highest BCUT2D eigenvalue weighted by Crippen LogP contribution is 2.13. The predicted octanol–water partition coefficient (Wildman–Crippen LogP) is 0.706. The Balaban J connectivity index is 3.23. The van der Waals surface area contributed by atoms with E-state index in [0.717, 1.165) is 0 Å². The molecule has 0 aliphatic carbocycles. The molecule has 4 nitrogen and oxygen atoms in total. The summed E-state index contributed by atoms with van der Waals surface area (Å²) < 4.78 is 0. The van der Waals surface area contributed by atoms with Crippen molar-refractivity contribution in [2.45, 2.75) is 0 Å². The van der Waals surface area contributed by atoms with Gasteiger partial charge in [0.15, 0.2) is 0 Å². The van der Waals surface area contributed by atoms with Gasteiger partial charge in [0, 0.05) is 6.20 Å². The maximum absolute atomic E-state index is 10.6. The molecule has 0 aliphatic rings. The summed E-state index contributed by atoms with van der Waals surface area (Å²) in [5.41, 5.74) is 5.22. The summed E-state index contributed by atoms with van der Waals surface area (Å²) >= 11 is 5.59. The van der Waals surface area contributed by atoms with Crippen molar-refractivity contribution >= 4 is 17.5 Å². The van der Waals surface area contributed by atoms with Crippen molar-refractivity contribution in [3.8, 4) is 6.07 Å². The number of carbonyl (C=O) groups is 1. The van der Waals surface area contributed by atoms with Gasteiger partial charge in [-0.2, -0.15) is 5.26 Å². The fourth-order valence-electron chi connectivity index (χ4n) is 0.680. The van der Waals surface area contributed by atoms with Gasteiger partial charge in [0.25, 0.3) is 5.91 Å². The number of nitrogens with zero attached hydrogens (tertiary/aromatic N) is 2. The Morgan fingerprint density at radius 2 is 2.42 bits per heavy atom. The molecular formula is C7H4ClN3O. The van der Waals surface area contributed by atoms with Crippen LogP contribution < -0.4 is 5.73 Å². The quantitative estimate of drug-likeness (QED) is 0.693. The van der Waals surface area contributed by atoms with Gasteiger partial charge < -0.3 is 5.73 Å². The van der Waals surface area contributed by atoms with Crippen molar-refractivity contribution in [3.63, 3.8) is 0 Å². The van der Waals surface area contributed by atoms with E-state index in [9.17, 15) is 4.79 Å². The minimum atomic E-state index is -0.704. The Morgan fingerprint density at radius 3 is 2.83 bits per heavy atom. The van der Waals surface area contributed by atoms with Gasteiger partial charge in [-0.1, -0.05) is 11.6 Å². The number of hydrogen-bond donors (Lipinski definition) is 1. The third-order valence-corrected chi connectivity index (χ3v) is 1.49. The number of aromatic nitrogens is 1. The monoisotopic (exact) mass is 181 g/mol. The van der Waals surface area contributed by atoms with Crippen molar-refractivity contribution in [3.05, 3.63) is 28.5 Å². The molecule has 0 bridgehead atoms. The molecule has 0 fully saturated rings. The highest BCUT2D eigenvalue weighted by molar-refractivity contribution is 6.33. The molecule has 60 valence electrons. The molecule has 12 heavy (non-hydrogen) atoms. The van der Waals surface area contributed by atoms with Gasteiger partial charge in [0.2, 0.25) is 0 Å². The summed E-state index contributed by atoms with van der Waals surface area (Å²) in [6, 6.07) is 3.18. The highest BCUT2D eigenvalue weighted by Gasteiger charge is 2.07. The standard InChI is InChI=1S/C7H4ClN3O/c8-5-1-4(2-9)3-11-6(5)7(10)12/h1,3H,(H2,10,12). The molecule has 1 aromatic rings. The van der Waals surface area contributed by atoms with Crippen molar-refractivity contribution in [2.24, 2.45) is 5.73 Å². The van der Waals surface area contributed by atoms with Crippen LogP contribution in [0.3, 0.4) is 0 Å². The van der Waals surface area contributed by atoms with Gasteiger partial charge in [-0.15, -0.1) is 0 Å². The number of nitriles is 1. The highest BCUT2D eigenvalue weighted by atomic mass is 35.5. The van der Waals surface area contributed by atoms with Crippen LogP contribution in [0.4, 0.5) is 0 Å². The molecule has 5 heteroatoms. The molecule has 1 amide bonds. The van der Waals surface area contributed by atoms with Crippen molar-refractivity contribution < 1.29 is 4.79 Å². The molecule has 0 aliphatic heterocycles. The Morgan fingerprint density at radius 1 is 1.75 bits per heavy atom. The summed E-state index contributed by atoms with van der Waals surface area (Å²) in [6.07, 6.45) is 1.24. The lowest BCUT2D eigenvalue weighted by molar-refractivity contribution is 0.0996. The van der Waals surface area contributed by atoms with Crippen LogP contribution in [-0.2, 0) is 0 Å². The second kappa shape index (κ2) is 3.20. The van der Waals surface area contributed by atoms with Gasteiger partial charge >= 0.3 is 0 Å². The van der Waals surface area contributed by atoms with E-state index in [2.05, 4.69) is 4.98 Å². The van der Waals surface area contributed by atoms with Crippen LogP contribution in [0.2, 0.25) is 5.02 Å². The van der Waals surface area contributed by atoms with Crippen LogP contribution in [0.25, 0.3) is 0 Å². The van der Waals surface area contributed by atoms with Crippen LogP contribution in [0.1, 0.15) is 16.1 Å². The van der Waals surface area contributed by atoms with E-state index < -0.39 is 5.91 Å². The van der Waals surface area contributed by atoms with E-state index in [0.29, 0.717) is 5.56 Å². The zero-order valence-electron chi connectivity index (χ0n) is 5.91. The lowest BCUT2D eigenvalue weighted by atomic mass is 10.2. The topological polar surface area (TPSA) is 79.8 Å². The number of hydrogen-bond acceptors (Lipinski definition) is 3. The first kappa shape index (κ1) is 8.50. The zero-order chi connectivity index (χ0) is 9.14. The van der Waals surface area contributed by atoms with Crippen LogP contribution >= 0.6 is 11.6 Å². The number of rotatable bonds is 1. The largest absolute Gasteiger partial charge is 0.364 e. The van der Waals surface area contributed by atoms with Gasteiger partial charge in [0.05, 0.1) is 10.6 Å². The number of amides is 1. The molecule has 1 heterocycles. The molecule has 0 saturated carbocycles. The van der Waals surface area contributed by atoms with Gasteiger partial charge in [-0.3, -0.25) is 4.79 Å². The molecule has 0 spiro atoms. The zero-order valence-corrected chi connectivity index (χ0v) is 6.67. The maximum atomic E-state index is 10.6. The van der Waals surface area contributed by atoms with Crippen LogP contribution in [0.15, 0.2) is 12.3 Å². The number of primary amides is 1. The second-order valence-corrected chi connectivity index (χ2v) is 2.44.